The molecule has 74 valence electrons. The van der Waals surface area contributed by atoms with Crippen LogP contribution in [-0.4, -0.2) is 6.61 Å². The van der Waals surface area contributed by atoms with Crippen LogP contribution in [0.2, 0.25) is 0 Å². The molecule has 0 bridgehead atoms. The molecule has 1 rings (SSSR count). The van der Waals surface area contributed by atoms with Gasteiger partial charge in [0.2, 0.25) is 0 Å². The number of nitrogen functional groups attached to an aromatic ring is 1. The molecule has 0 saturated carbocycles. The normalized spacial score (nSPS) is 9.93. The average molecular weight is 202 g/mol. The van der Waals surface area contributed by atoms with Crippen molar-refractivity contribution in [3.05, 3.63) is 23.5 Å². The van der Waals surface area contributed by atoms with Gasteiger partial charge in [0.05, 0.1) is 11.3 Å². The molecule has 0 unspecified atom stereocenters. The number of hydrogen-bond acceptors (Lipinski definition) is 3. The first kappa shape index (κ1) is 10.2. The van der Waals surface area contributed by atoms with Gasteiger partial charge in [-0.05, 0) is 6.07 Å². The van der Waals surface area contributed by atoms with Crippen LogP contribution >= 0.6 is 0 Å². The number of benzene rings is 1. The molecule has 6 heteroatoms. The van der Waals surface area contributed by atoms with Gasteiger partial charge in [0, 0.05) is 6.07 Å². The number of rotatable bonds is 2. The Balaban J connectivity index is 3.17. The van der Waals surface area contributed by atoms with E-state index in [1.165, 1.54) is 0 Å². The minimum Gasteiger partial charge on any atom is -0.432 e. The van der Waals surface area contributed by atoms with Gasteiger partial charge in [-0.25, -0.2) is 4.39 Å². The van der Waals surface area contributed by atoms with E-state index in [1.807, 2.05) is 0 Å². The first-order valence-electron chi connectivity index (χ1n) is 3.48. The molecule has 0 amide bonds. The van der Waals surface area contributed by atoms with Gasteiger partial charge in [-0.3, -0.25) is 0 Å². The number of anilines is 1. The predicted molar refractivity (Wildman–Crippen MR) is 42.2 cm³/mol. The summed E-state index contributed by atoms with van der Waals surface area (Å²) in [6.07, 6.45) is 0. The minimum atomic E-state index is -3.11. The maximum atomic E-state index is 12.7. The van der Waals surface area contributed by atoms with Gasteiger partial charge in [0.15, 0.2) is 5.75 Å². The summed E-state index contributed by atoms with van der Waals surface area (Å²) in [5.41, 5.74) is 4.73. The zero-order valence-electron chi connectivity index (χ0n) is 6.80. The van der Waals surface area contributed by atoms with E-state index in [0.29, 0.717) is 6.07 Å². The third-order valence-electron chi connectivity index (χ3n) is 1.44. The van der Waals surface area contributed by atoms with Crippen molar-refractivity contribution < 1.29 is 17.9 Å². The van der Waals surface area contributed by atoms with E-state index in [4.69, 9.17) is 11.0 Å². The van der Waals surface area contributed by atoms with Crippen molar-refractivity contribution in [2.24, 2.45) is 0 Å². The second kappa shape index (κ2) is 3.87. The Hall–Kier alpha value is -1.90. The molecular weight excluding hydrogens is 197 g/mol. The minimum absolute atomic E-state index is 0.236. The van der Waals surface area contributed by atoms with E-state index in [-0.39, 0.29) is 11.3 Å². The van der Waals surface area contributed by atoms with Gasteiger partial charge in [0.1, 0.15) is 11.9 Å². The maximum Gasteiger partial charge on any atom is 0.387 e. The largest absolute Gasteiger partial charge is 0.432 e. The molecule has 0 aromatic heterocycles. The van der Waals surface area contributed by atoms with Gasteiger partial charge >= 0.3 is 6.61 Å². The van der Waals surface area contributed by atoms with Crippen molar-refractivity contribution >= 4 is 5.69 Å². The van der Waals surface area contributed by atoms with E-state index in [0.717, 1.165) is 6.07 Å². The molecule has 0 aliphatic rings. The molecule has 0 radical (unpaired) electrons. The molecule has 14 heavy (non-hydrogen) atoms. The zero-order valence-corrected chi connectivity index (χ0v) is 6.80. The van der Waals surface area contributed by atoms with Gasteiger partial charge in [-0.15, -0.1) is 0 Å². The number of hydrogen-bond donors (Lipinski definition) is 1. The number of alkyl halides is 2. The highest BCUT2D eigenvalue weighted by atomic mass is 19.3. The fraction of sp³-hybridized carbons (Fsp3) is 0.125. The Bertz CT molecular complexity index is 387. The Morgan fingerprint density at radius 1 is 1.43 bits per heavy atom. The molecule has 1 aromatic rings. The van der Waals surface area contributed by atoms with Gasteiger partial charge in [-0.1, -0.05) is 0 Å². The lowest BCUT2D eigenvalue weighted by atomic mass is 10.2. The molecule has 2 N–H and O–H groups in total. The van der Waals surface area contributed by atoms with Crippen LogP contribution in [0.5, 0.6) is 5.75 Å². The summed E-state index contributed by atoms with van der Waals surface area (Å²) in [5, 5.41) is 8.46. The molecule has 0 fully saturated rings. The summed E-state index contributed by atoms with van der Waals surface area (Å²) in [4.78, 5) is 0. The summed E-state index contributed by atoms with van der Waals surface area (Å²) in [7, 11) is 0. The molecule has 0 spiro atoms. The molecule has 0 saturated heterocycles. The fourth-order valence-corrected chi connectivity index (χ4v) is 0.879. The van der Waals surface area contributed by atoms with Gasteiger partial charge in [-0.2, -0.15) is 14.0 Å². The first-order valence-corrected chi connectivity index (χ1v) is 3.48. The van der Waals surface area contributed by atoms with Crippen LogP contribution in [0, 0.1) is 17.1 Å². The molecule has 3 nitrogen and oxygen atoms in total. The van der Waals surface area contributed by atoms with Crippen molar-refractivity contribution in [3.63, 3.8) is 0 Å². The Morgan fingerprint density at radius 3 is 2.57 bits per heavy atom. The van der Waals surface area contributed by atoms with Crippen LogP contribution in [0.1, 0.15) is 5.56 Å². The molecule has 0 atom stereocenters. The smallest absolute Gasteiger partial charge is 0.387 e. The highest BCUT2D eigenvalue weighted by Gasteiger charge is 2.12. The maximum absolute atomic E-state index is 12.7. The Kier molecular flexibility index (Phi) is 2.82. The summed E-state index contributed by atoms with van der Waals surface area (Å²) >= 11 is 0. The molecule has 0 aliphatic carbocycles. The van der Waals surface area contributed by atoms with Crippen molar-refractivity contribution in [1.82, 2.24) is 0 Å². The zero-order chi connectivity index (χ0) is 10.7. The lowest BCUT2D eigenvalue weighted by molar-refractivity contribution is -0.0494. The van der Waals surface area contributed by atoms with Crippen molar-refractivity contribution in [2.75, 3.05) is 5.73 Å². The van der Waals surface area contributed by atoms with Crippen LogP contribution in [0.4, 0.5) is 18.9 Å². The summed E-state index contributed by atoms with van der Waals surface area (Å²) < 4.78 is 40.2. The van der Waals surface area contributed by atoms with Crippen LogP contribution in [0.3, 0.4) is 0 Å². The number of halogens is 3. The third kappa shape index (κ3) is 2.07. The summed E-state index contributed by atoms with van der Waals surface area (Å²) in [6.45, 7) is -3.11. The third-order valence-corrected chi connectivity index (χ3v) is 1.44. The second-order valence-electron chi connectivity index (χ2n) is 2.36. The van der Waals surface area contributed by atoms with E-state index < -0.39 is 18.2 Å². The molecule has 0 heterocycles. The average Bonchev–Trinajstić information content (AvgIpc) is 2.09. The van der Waals surface area contributed by atoms with Crippen molar-refractivity contribution in [3.8, 4) is 11.8 Å². The highest BCUT2D eigenvalue weighted by molar-refractivity contribution is 5.63. The van der Waals surface area contributed by atoms with Crippen LogP contribution < -0.4 is 10.5 Å². The van der Waals surface area contributed by atoms with Gasteiger partial charge < -0.3 is 10.5 Å². The second-order valence-corrected chi connectivity index (χ2v) is 2.36. The Labute approximate surface area is 77.5 Å². The van der Waals surface area contributed by atoms with Crippen LogP contribution in [0.25, 0.3) is 0 Å². The van der Waals surface area contributed by atoms with E-state index in [9.17, 15) is 13.2 Å². The number of nitriles is 1. The molecule has 0 aliphatic heterocycles. The molecule has 1 aromatic carbocycles. The number of nitrogens with zero attached hydrogens (tertiary/aromatic N) is 1. The SMILES string of the molecule is N#Cc1cc(F)cc(OC(F)F)c1N. The topological polar surface area (TPSA) is 59.0 Å². The number of nitrogens with two attached hydrogens (primary N) is 1. The monoisotopic (exact) mass is 202 g/mol. The molecular formula is C8H5F3N2O. The van der Waals surface area contributed by atoms with Crippen LogP contribution in [0.15, 0.2) is 12.1 Å². The van der Waals surface area contributed by atoms with E-state index >= 15 is 0 Å². The Morgan fingerprint density at radius 2 is 2.07 bits per heavy atom. The summed E-state index contributed by atoms with van der Waals surface area (Å²) in [6, 6.07) is 3.10. The highest BCUT2D eigenvalue weighted by Crippen LogP contribution is 2.27. The van der Waals surface area contributed by atoms with Crippen molar-refractivity contribution in [2.45, 2.75) is 6.61 Å². The van der Waals surface area contributed by atoms with Crippen molar-refractivity contribution in [1.29, 1.82) is 5.26 Å². The van der Waals surface area contributed by atoms with Gasteiger partial charge in [0.25, 0.3) is 0 Å². The number of ether oxygens (including phenoxy) is 1. The first-order chi connectivity index (χ1) is 6.54. The predicted octanol–water partition coefficient (Wildman–Crippen LogP) is 1.88. The quantitative estimate of drug-likeness (QED) is 0.745. The lowest BCUT2D eigenvalue weighted by Gasteiger charge is -2.08. The standard InChI is InChI=1S/C8H5F3N2O/c9-5-1-4(3-12)7(13)6(2-5)14-8(10)11/h1-2,8H,13H2. The van der Waals surface area contributed by atoms with E-state index in [1.54, 1.807) is 6.07 Å². The lowest BCUT2D eigenvalue weighted by Crippen LogP contribution is -2.06. The fourth-order valence-electron chi connectivity index (χ4n) is 0.879. The van der Waals surface area contributed by atoms with E-state index in [2.05, 4.69) is 4.74 Å². The summed E-state index contributed by atoms with van der Waals surface area (Å²) in [5.74, 6) is -1.39. The van der Waals surface area contributed by atoms with Crippen LogP contribution in [-0.2, 0) is 0 Å².